The standard InChI is InChI=1S/C14H9F4NO3/c1-21-13(20)9-6-11(15)12(19-7-9)8-2-4-10(5-3-8)22-14(16,17)18/h2-7H,1H3. The second-order valence-corrected chi connectivity index (χ2v) is 4.12. The van der Waals surface area contributed by atoms with Gasteiger partial charge in [0.1, 0.15) is 17.3 Å². The van der Waals surface area contributed by atoms with Crippen LogP contribution in [0.25, 0.3) is 11.3 Å². The lowest BCUT2D eigenvalue weighted by Gasteiger charge is -2.09. The van der Waals surface area contributed by atoms with Gasteiger partial charge in [-0.05, 0) is 30.3 Å². The number of aromatic nitrogens is 1. The summed E-state index contributed by atoms with van der Waals surface area (Å²) in [5.74, 6) is -1.97. The van der Waals surface area contributed by atoms with Crippen molar-refractivity contribution in [3.8, 4) is 17.0 Å². The van der Waals surface area contributed by atoms with Gasteiger partial charge in [0, 0.05) is 11.8 Å². The Labute approximate surface area is 122 Å². The molecule has 0 amide bonds. The van der Waals surface area contributed by atoms with E-state index in [2.05, 4.69) is 14.5 Å². The number of pyridine rings is 1. The molecule has 22 heavy (non-hydrogen) atoms. The monoisotopic (exact) mass is 315 g/mol. The van der Waals surface area contributed by atoms with E-state index in [9.17, 15) is 22.4 Å². The Morgan fingerprint density at radius 1 is 1.18 bits per heavy atom. The van der Waals surface area contributed by atoms with Gasteiger partial charge in [0.25, 0.3) is 0 Å². The highest BCUT2D eigenvalue weighted by molar-refractivity contribution is 5.89. The molecule has 0 atom stereocenters. The van der Waals surface area contributed by atoms with Crippen LogP contribution >= 0.6 is 0 Å². The van der Waals surface area contributed by atoms with Gasteiger partial charge in [-0.3, -0.25) is 4.98 Å². The number of hydrogen-bond donors (Lipinski definition) is 0. The Bertz CT molecular complexity index is 683. The van der Waals surface area contributed by atoms with Crippen molar-refractivity contribution in [2.75, 3.05) is 7.11 Å². The van der Waals surface area contributed by atoms with Crippen LogP contribution in [0.2, 0.25) is 0 Å². The first-order chi connectivity index (χ1) is 10.3. The van der Waals surface area contributed by atoms with Gasteiger partial charge in [0.05, 0.1) is 12.7 Å². The van der Waals surface area contributed by atoms with Gasteiger partial charge >= 0.3 is 12.3 Å². The molecule has 1 aromatic heterocycles. The minimum Gasteiger partial charge on any atom is -0.465 e. The molecule has 2 rings (SSSR count). The van der Waals surface area contributed by atoms with Crippen molar-refractivity contribution in [2.24, 2.45) is 0 Å². The van der Waals surface area contributed by atoms with E-state index in [0.29, 0.717) is 0 Å². The van der Waals surface area contributed by atoms with Gasteiger partial charge < -0.3 is 9.47 Å². The summed E-state index contributed by atoms with van der Waals surface area (Å²) in [5, 5.41) is 0. The van der Waals surface area contributed by atoms with Crippen LogP contribution in [-0.4, -0.2) is 24.4 Å². The van der Waals surface area contributed by atoms with Gasteiger partial charge in [-0.25, -0.2) is 9.18 Å². The Kier molecular flexibility index (Phi) is 4.30. The topological polar surface area (TPSA) is 48.4 Å². The van der Waals surface area contributed by atoms with Crippen molar-refractivity contribution >= 4 is 5.97 Å². The minimum absolute atomic E-state index is 0.0687. The van der Waals surface area contributed by atoms with Crippen LogP contribution in [0.1, 0.15) is 10.4 Å². The van der Waals surface area contributed by atoms with E-state index in [1.807, 2.05) is 0 Å². The van der Waals surface area contributed by atoms with Crippen molar-refractivity contribution in [3.05, 3.63) is 47.9 Å². The third kappa shape index (κ3) is 3.72. The number of methoxy groups -OCH3 is 1. The second kappa shape index (κ2) is 6.00. The molecule has 0 radical (unpaired) electrons. The molecule has 116 valence electrons. The first-order valence-corrected chi connectivity index (χ1v) is 5.90. The molecule has 0 unspecified atom stereocenters. The Balaban J connectivity index is 2.27. The zero-order valence-corrected chi connectivity index (χ0v) is 11.1. The molecule has 0 spiro atoms. The molecule has 0 aliphatic carbocycles. The maximum Gasteiger partial charge on any atom is 0.573 e. The molecule has 1 aromatic carbocycles. The van der Waals surface area contributed by atoms with Crippen LogP contribution in [-0.2, 0) is 4.74 Å². The summed E-state index contributed by atoms with van der Waals surface area (Å²) >= 11 is 0. The number of halogens is 4. The van der Waals surface area contributed by atoms with Crippen molar-refractivity contribution in [1.29, 1.82) is 0 Å². The summed E-state index contributed by atoms with van der Waals surface area (Å²) < 4.78 is 58.2. The first kappa shape index (κ1) is 15.7. The fraction of sp³-hybridized carbons (Fsp3) is 0.143. The Hall–Kier alpha value is -2.64. The molecular formula is C14H9F4NO3. The molecule has 0 aliphatic heterocycles. The highest BCUT2D eigenvalue weighted by Crippen LogP contribution is 2.27. The van der Waals surface area contributed by atoms with E-state index in [1.54, 1.807) is 0 Å². The number of nitrogens with zero attached hydrogens (tertiary/aromatic N) is 1. The third-order valence-electron chi connectivity index (χ3n) is 2.62. The molecule has 0 fully saturated rings. The summed E-state index contributed by atoms with van der Waals surface area (Å²) in [6, 6.07) is 5.47. The number of carbonyl (C=O) groups excluding carboxylic acids is 1. The normalized spacial score (nSPS) is 11.1. The van der Waals surface area contributed by atoms with Crippen LogP contribution in [0.15, 0.2) is 36.5 Å². The summed E-state index contributed by atoms with van der Waals surface area (Å²) in [6.45, 7) is 0. The second-order valence-electron chi connectivity index (χ2n) is 4.12. The highest BCUT2D eigenvalue weighted by atomic mass is 19.4. The van der Waals surface area contributed by atoms with Gasteiger partial charge in [-0.15, -0.1) is 13.2 Å². The number of alkyl halides is 3. The smallest absolute Gasteiger partial charge is 0.465 e. The lowest BCUT2D eigenvalue weighted by molar-refractivity contribution is -0.274. The number of esters is 1. The minimum atomic E-state index is -4.80. The average molecular weight is 315 g/mol. The maximum absolute atomic E-state index is 13.9. The Morgan fingerprint density at radius 2 is 1.82 bits per heavy atom. The summed E-state index contributed by atoms with van der Waals surface area (Å²) in [6.07, 6.45) is -3.68. The van der Waals surface area contributed by atoms with E-state index in [0.717, 1.165) is 31.5 Å². The van der Waals surface area contributed by atoms with E-state index >= 15 is 0 Å². The highest BCUT2D eigenvalue weighted by Gasteiger charge is 2.31. The molecular weight excluding hydrogens is 306 g/mol. The fourth-order valence-corrected chi connectivity index (χ4v) is 1.69. The predicted molar refractivity (Wildman–Crippen MR) is 67.7 cm³/mol. The van der Waals surface area contributed by atoms with Crippen LogP contribution in [0.4, 0.5) is 17.6 Å². The Morgan fingerprint density at radius 3 is 2.32 bits per heavy atom. The van der Waals surface area contributed by atoms with Crippen molar-refractivity contribution in [3.63, 3.8) is 0 Å². The largest absolute Gasteiger partial charge is 0.573 e. The fourth-order valence-electron chi connectivity index (χ4n) is 1.69. The van der Waals surface area contributed by atoms with E-state index in [1.165, 1.54) is 12.1 Å². The SMILES string of the molecule is COC(=O)c1cnc(-c2ccc(OC(F)(F)F)cc2)c(F)c1. The molecule has 8 heteroatoms. The molecule has 0 saturated heterocycles. The zero-order chi connectivity index (χ0) is 16.3. The lowest BCUT2D eigenvalue weighted by atomic mass is 10.1. The van der Waals surface area contributed by atoms with E-state index < -0.39 is 23.9 Å². The lowest BCUT2D eigenvalue weighted by Crippen LogP contribution is -2.16. The van der Waals surface area contributed by atoms with Crippen LogP contribution in [0.5, 0.6) is 5.75 Å². The number of carbonyl (C=O) groups is 1. The van der Waals surface area contributed by atoms with Crippen LogP contribution in [0.3, 0.4) is 0 Å². The molecule has 0 N–H and O–H groups in total. The summed E-state index contributed by atoms with van der Waals surface area (Å²) in [4.78, 5) is 15.0. The zero-order valence-electron chi connectivity index (χ0n) is 11.1. The van der Waals surface area contributed by atoms with Gasteiger partial charge in [-0.1, -0.05) is 0 Å². The first-order valence-electron chi connectivity index (χ1n) is 5.90. The van der Waals surface area contributed by atoms with Crippen molar-refractivity contribution in [1.82, 2.24) is 4.98 Å². The molecule has 0 saturated carbocycles. The molecule has 0 bridgehead atoms. The number of benzene rings is 1. The molecule has 2 aromatic rings. The summed E-state index contributed by atoms with van der Waals surface area (Å²) in [5.41, 5.74) is 0.0652. The van der Waals surface area contributed by atoms with Crippen molar-refractivity contribution in [2.45, 2.75) is 6.36 Å². The summed E-state index contributed by atoms with van der Waals surface area (Å²) in [7, 11) is 1.15. The maximum atomic E-state index is 13.9. The van der Waals surface area contributed by atoms with Crippen LogP contribution < -0.4 is 4.74 Å². The van der Waals surface area contributed by atoms with E-state index in [4.69, 9.17) is 0 Å². The van der Waals surface area contributed by atoms with Gasteiger partial charge in [-0.2, -0.15) is 0 Å². The van der Waals surface area contributed by atoms with E-state index in [-0.39, 0.29) is 16.8 Å². The quantitative estimate of drug-likeness (QED) is 0.642. The van der Waals surface area contributed by atoms with Gasteiger partial charge in [0.2, 0.25) is 0 Å². The van der Waals surface area contributed by atoms with Gasteiger partial charge in [0.15, 0.2) is 0 Å². The molecule has 0 aliphatic rings. The third-order valence-corrected chi connectivity index (χ3v) is 2.62. The van der Waals surface area contributed by atoms with Crippen LogP contribution in [0, 0.1) is 5.82 Å². The number of rotatable bonds is 3. The molecule has 4 nitrogen and oxygen atoms in total. The number of ether oxygens (including phenoxy) is 2. The average Bonchev–Trinajstić information content (AvgIpc) is 2.46. The number of hydrogen-bond acceptors (Lipinski definition) is 4. The molecule has 1 heterocycles. The predicted octanol–water partition coefficient (Wildman–Crippen LogP) is 3.57. The van der Waals surface area contributed by atoms with Crippen molar-refractivity contribution < 1.29 is 31.8 Å².